The van der Waals surface area contributed by atoms with Gasteiger partial charge in [0, 0.05) is 0 Å². The molecule has 0 amide bonds. The van der Waals surface area contributed by atoms with Crippen molar-refractivity contribution in [2.24, 2.45) is 5.73 Å². The lowest BCUT2D eigenvalue weighted by atomic mass is 9.85. The first-order chi connectivity index (χ1) is 13.6. The molecule has 4 N–H and O–H groups in total. The molecule has 138 valence electrons. The Labute approximate surface area is 158 Å². The zero-order chi connectivity index (χ0) is 19.7. The van der Waals surface area contributed by atoms with Crippen LogP contribution >= 0.6 is 0 Å². The minimum Gasteiger partial charge on any atom is -0.457 e. The number of H-pyrrole nitrogens is 2. The van der Waals surface area contributed by atoms with Crippen LogP contribution in [0.15, 0.2) is 75.6 Å². The van der Waals surface area contributed by atoms with Crippen molar-refractivity contribution in [2.45, 2.75) is 5.92 Å². The maximum Gasteiger partial charge on any atom is 0.328 e. The monoisotopic (exact) mass is 374 g/mol. The van der Waals surface area contributed by atoms with Gasteiger partial charge in [0.15, 0.2) is 0 Å². The Kier molecular flexibility index (Phi) is 4.18. The Bertz CT molecular complexity index is 1240. The van der Waals surface area contributed by atoms with Gasteiger partial charge in [-0.05, 0) is 29.8 Å². The molecule has 0 spiro atoms. The maximum absolute atomic E-state index is 12.5. The predicted molar refractivity (Wildman–Crippen MR) is 99.9 cm³/mol. The fourth-order valence-corrected chi connectivity index (χ4v) is 3.10. The SMILES string of the molecule is N#CC1=C(N)Oc2[nH]c(=O)[nH]c(=O)c2[C@H]1c1cccc(Oc2ccccc2)c1. The van der Waals surface area contributed by atoms with Crippen LogP contribution in [0.4, 0.5) is 0 Å². The summed E-state index contributed by atoms with van der Waals surface area (Å²) >= 11 is 0. The number of hydrogen-bond donors (Lipinski definition) is 3. The third kappa shape index (κ3) is 3.01. The van der Waals surface area contributed by atoms with Crippen molar-refractivity contribution in [2.75, 3.05) is 0 Å². The highest BCUT2D eigenvalue weighted by atomic mass is 16.5. The van der Waals surface area contributed by atoms with Crippen LogP contribution in [0.25, 0.3) is 0 Å². The molecule has 2 aromatic carbocycles. The van der Waals surface area contributed by atoms with E-state index in [4.69, 9.17) is 15.2 Å². The molecule has 0 fully saturated rings. The van der Waals surface area contributed by atoms with E-state index in [0.717, 1.165) is 0 Å². The van der Waals surface area contributed by atoms with E-state index in [-0.39, 0.29) is 22.9 Å². The molecule has 1 atom stereocenters. The van der Waals surface area contributed by atoms with Crippen molar-refractivity contribution in [1.29, 1.82) is 5.26 Å². The summed E-state index contributed by atoms with van der Waals surface area (Å²) in [6.45, 7) is 0. The molecule has 2 heterocycles. The number of rotatable bonds is 3. The van der Waals surface area contributed by atoms with Crippen LogP contribution in [-0.4, -0.2) is 9.97 Å². The van der Waals surface area contributed by atoms with Crippen molar-refractivity contribution in [1.82, 2.24) is 9.97 Å². The first-order valence-electron chi connectivity index (χ1n) is 8.34. The van der Waals surface area contributed by atoms with Gasteiger partial charge in [0.2, 0.25) is 11.8 Å². The summed E-state index contributed by atoms with van der Waals surface area (Å²) in [5.41, 5.74) is 5.25. The number of allylic oxidation sites excluding steroid dienone is 1. The van der Waals surface area contributed by atoms with Gasteiger partial charge in [0.1, 0.15) is 23.1 Å². The van der Waals surface area contributed by atoms with E-state index in [0.29, 0.717) is 17.1 Å². The van der Waals surface area contributed by atoms with Gasteiger partial charge in [-0.1, -0.05) is 30.3 Å². The molecule has 0 bridgehead atoms. The molecule has 3 aromatic rings. The highest BCUT2D eigenvalue weighted by molar-refractivity contribution is 5.53. The lowest BCUT2D eigenvalue weighted by Crippen LogP contribution is -2.33. The molecular formula is C20H14N4O4. The first-order valence-corrected chi connectivity index (χ1v) is 8.34. The summed E-state index contributed by atoms with van der Waals surface area (Å²) in [5, 5.41) is 9.59. The van der Waals surface area contributed by atoms with E-state index < -0.39 is 17.2 Å². The number of nitrogens with one attached hydrogen (secondary N) is 2. The van der Waals surface area contributed by atoms with Crippen LogP contribution in [0.5, 0.6) is 17.4 Å². The fraction of sp³-hybridized carbons (Fsp3) is 0.0500. The van der Waals surface area contributed by atoms with Crippen molar-refractivity contribution in [3.8, 4) is 23.4 Å². The Morgan fingerprint density at radius 3 is 2.54 bits per heavy atom. The summed E-state index contributed by atoms with van der Waals surface area (Å²) in [5.74, 6) is 0.104. The summed E-state index contributed by atoms with van der Waals surface area (Å²) in [6.07, 6.45) is 0. The molecule has 1 aliphatic rings. The van der Waals surface area contributed by atoms with Gasteiger partial charge in [0.25, 0.3) is 5.56 Å². The molecule has 0 saturated carbocycles. The molecule has 0 saturated heterocycles. The zero-order valence-electron chi connectivity index (χ0n) is 14.4. The number of para-hydroxylation sites is 1. The summed E-state index contributed by atoms with van der Waals surface area (Å²) in [4.78, 5) is 28.6. The first kappa shape index (κ1) is 17.2. The van der Waals surface area contributed by atoms with Gasteiger partial charge in [-0.15, -0.1) is 0 Å². The average molecular weight is 374 g/mol. The lowest BCUT2D eigenvalue weighted by Gasteiger charge is -2.25. The quantitative estimate of drug-likeness (QED) is 0.642. The van der Waals surface area contributed by atoms with E-state index >= 15 is 0 Å². The Morgan fingerprint density at radius 1 is 1.04 bits per heavy atom. The van der Waals surface area contributed by atoms with Crippen LogP contribution in [0, 0.1) is 11.3 Å². The van der Waals surface area contributed by atoms with Gasteiger partial charge in [-0.25, -0.2) is 4.79 Å². The molecule has 28 heavy (non-hydrogen) atoms. The standard InChI is InChI=1S/C20H14N4O4/c21-10-14-15(16-18(25)23-20(26)24-19(16)28-17(14)22)11-5-4-8-13(9-11)27-12-6-2-1-3-7-12/h1-9,15H,22H2,(H2,23,24,25,26)/t15-/m0/s1. The fourth-order valence-electron chi connectivity index (χ4n) is 3.10. The number of hydrogen-bond acceptors (Lipinski definition) is 6. The lowest BCUT2D eigenvalue weighted by molar-refractivity contribution is 0.373. The second-order valence-corrected chi connectivity index (χ2v) is 6.06. The number of benzene rings is 2. The second-order valence-electron chi connectivity index (χ2n) is 6.06. The smallest absolute Gasteiger partial charge is 0.328 e. The normalized spacial score (nSPS) is 15.3. The number of nitriles is 1. The van der Waals surface area contributed by atoms with Crippen LogP contribution in [0.2, 0.25) is 0 Å². The largest absolute Gasteiger partial charge is 0.457 e. The summed E-state index contributed by atoms with van der Waals surface area (Å²) in [7, 11) is 0. The summed E-state index contributed by atoms with van der Waals surface area (Å²) in [6, 6.07) is 18.1. The van der Waals surface area contributed by atoms with Gasteiger partial charge in [-0.3, -0.25) is 14.8 Å². The molecule has 0 radical (unpaired) electrons. The number of aromatic amines is 2. The minimum atomic E-state index is -0.811. The van der Waals surface area contributed by atoms with E-state index in [1.807, 2.05) is 36.4 Å². The van der Waals surface area contributed by atoms with Crippen molar-refractivity contribution in [3.63, 3.8) is 0 Å². The molecule has 0 aliphatic carbocycles. The van der Waals surface area contributed by atoms with Gasteiger partial charge < -0.3 is 15.2 Å². The number of fused-ring (bicyclic) bond motifs is 1. The van der Waals surface area contributed by atoms with Gasteiger partial charge in [-0.2, -0.15) is 5.26 Å². The van der Waals surface area contributed by atoms with E-state index in [2.05, 4.69) is 9.97 Å². The Hall–Kier alpha value is -4.25. The second kappa shape index (κ2) is 6.81. The number of nitrogens with two attached hydrogens (primary N) is 1. The molecule has 0 unspecified atom stereocenters. The number of aromatic nitrogens is 2. The highest BCUT2D eigenvalue weighted by Crippen LogP contribution is 2.39. The number of nitrogens with zero attached hydrogens (tertiary/aromatic N) is 1. The van der Waals surface area contributed by atoms with E-state index in [1.54, 1.807) is 24.3 Å². The molecule has 4 rings (SSSR count). The topological polar surface area (TPSA) is 134 Å². The van der Waals surface area contributed by atoms with Crippen LogP contribution in [-0.2, 0) is 0 Å². The van der Waals surface area contributed by atoms with Crippen molar-refractivity contribution >= 4 is 0 Å². The summed E-state index contributed by atoms with van der Waals surface area (Å²) < 4.78 is 11.1. The molecule has 8 heteroatoms. The highest BCUT2D eigenvalue weighted by Gasteiger charge is 2.34. The maximum atomic E-state index is 12.5. The van der Waals surface area contributed by atoms with Gasteiger partial charge in [0.05, 0.1) is 11.5 Å². The minimum absolute atomic E-state index is 0.0712. The van der Waals surface area contributed by atoms with Crippen molar-refractivity contribution in [3.05, 3.63) is 98.0 Å². The third-order valence-electron chi connectivity index (χ3n) is 4.29. The molecular weight excluding hydrogens is 360 g/mol. The molecule has 8 nitrogen and oxygen atoms in total. The Balaban J connectivity index is 1.84. The van der Waals surface area contributed by atoms with E-state index in [1.165, 1.54) is 0 Å². The predicted octanol–water partition coefficient (Wildman–Crippen LogP) is 2.07. The van der Waals surface area contributed by atoms with Crippen LogP contribution in [0.1, 0.15) is 17.0 Å². The van der Waals surface area contributed by atoms with Crippen LogP contribution in [0.3, 0.4) is 0 Å². The van der Waals surface area contributed by atoms with Crippen molar-refractivity contribution < 1.29 is 9.47 Å². The average Bonchev–Trinajstić information content (AvgIpc) is 2.67. The Morgan fingerprint density at radius 2 is 1.79 bits per heavy atom. The van der Waals surface area contributed by atoms with Crippen LogP contribution < -0.4 is 26.5 Å². The zero-order valence-corrected chi connectivity index (χ0v) is 14.4. The van der Waals surface area contributed by atoms with E-state index in [9.17, 15) is 14.9 Å². The van der Waals surface area contributed by atoms with Gasteiger partial charge >= 0.3 is 5.69 Å². The number of ether oxygens (including phenoxy) is 2. The third-order valence-corrected chi connectivity index (χ3v) is 4.29. The molecule has 1 aromatic heterocycles. The molecule has 1 aliphatic heterocycles.